The second kappa shape index (κ2) is 7.41. The van der Waals surface area contributed by atoms with Crippen molar-refractivity contribution < 1.29 is 14.7 Å². The van der Waals surface area contributed by atoms with Gasteiger partial charge in [0, 0.05) is 15.6 Å². The predicted molar refractivity (Wildman–Crippen MR) is 104 cm³/mol. The van der Waals surface area contributed by atoms with Crippen LogP contribution in [0.3, 0.4) is 0 Å². The summed E-state index contributed by atoms with van der Waals surface area (Å²) in [5, 5.41) is 10.6. The zero-order valence-electron chi connectivity index (χ0n) is 12.5. The van der Waals surface area contributed by atoms with E-state index in [1.807, 2.05) is 0 Å². The second-order valence-corrected chi connectivity index (χ2v) is 7.88. The van der Waals surface area contributed by atoms with E-state index in [9.17, 15) is 14.7 Å². The van der Waals surface area contributed by atoms with E-state index in [4.69, 9.17) is 23.2 Å². The Morgan fingerprint density at radius 3 is 2.64 bits per heavy atom. The van der Waals surface area contributed by atoms with Gasteiger partial charge in [-0.3, -0.25) is 14.5 Å². The molecule has 4 nitrogen and oxygen atoms in total. The minimum absolute atomic E-state index is 0.0534. The van der Waals surface area contributed by atoms with Gasteiger partial charge in [-0.05, 0) is 57.5 Å². The summed E-state index contributed by atoms with van der Waals surface area (Å²) in [7, 11) is 0. The molecule has 0 aromatic heterocycles. The van der Waals surface area contributed by atoms with Crippen LogP contribution in [-0.2, 0) is 11.3 Å². The van der Waals surface area contributed by atoms with Gasteiger partial charge in [-0.2, -0.15) is 0 Å². The van der Waals surface area contributed by atoms with Crippen LogP contribution >= 0.6 is 50.9 Å². The molecule has 0 atom stereocenters. The molecule has 25 heavy (non-hydrogen) atoms. The van der Waals surface area contributed by atoms with Crippen LogP contribution < -0.4 is 0 Å². The average molecular weight is 459 g/mol. The molecule has 0 unspecified atom stereocenters. The SMILES string of the molecule is O=C1S/C(=C\c2cc(Cl)cc(Br)c2O)C(=O)N1Cc1ccccc1Cl. The molecule has 2 aromatic carbocycles. The van der Waals surface area contributed by atoms with E-state index in [-0.39, 0.29) is 17.2 Å². The molecule has 0 spiro atoms. The molecule has 2 aromatic rings. The number of hydrogen-bond donors (Lipinski definition) is 1. The van der Waals surface area contributed by atoms with Gasteiger partial charge in [0.15, 0.2) is 0 Å². The maximum Gasteiger partial charge on any atom is 0.293 e. The largest absolute Gasteiger partial charge is 0.506 e. The number of phenolic OH excluding ortho intramolecular Hbond substituents is 1. The van der Waals surface area contributed by atoms with E-state index in [0.717, 1.165) is 16.7 Å². The molecule has 0 radical (unpaired) electrons. The monoisotopic (exact) mass is 457 g/mol. The number of amides is 2. The van der Waals surface area contributed by atoms with Crippen LogP contribution in [0.2, 0.25) is 10.0 Å². The quantitative estimate of drug-likeness (QED) is 0.599. The molecule has 0 aliphatic carbocycles. The van der Waals surface area contributed by atoms with Crippen molar-refractivity contribution >= 4 is 68.1 Å². The predicted octanol–water partition coefficient (Wildman–Crippen LogP) is 5.70. The Labute approximate surface area is 166 Å². The summed E-state index contributed by atoms with van der Waals surface area (Å²) in [5.74, 6) is -0.493. The van der Waals surface area contributed by atoms with E-state index >= 15 is 0 Å². The molecule has 1 fully saturated rings. The molecular formula is C17H10BrCl2NO3S. The third-order valence-corrected chi connectivity index (χ3v) is 5.60. The summed E-state index contributed by atoms with van der Waals surface area (Å²) >= 11 is 16.1. The molecule has 0 bridgehead atoms. The lowest BCUT2D eigenvalue weighted by Crippen LogP contribution is -2.27. The van der Waals surface area contributed by atoms with E-state index < -0.39 is 11.1 Å². The highest BCUT2D eigenvalue weighted by atomic mass is 79.9. The molecule has 3 rings (SSSR count). The van der Waals surface area contributed by atoms with Crippen LogP contribution in [0.15, 0.2) is 45.8 Å². The summed E-state index contributed by atoms with van der Waals surface area (Å²) < 4.78 is 0.404. The van der Waals surface area contributed by atoms with Crippen molar-refractivity contribution in [3.8, 4) is 5.75 Å². The Morgan fingerprint density at radius 2 is 1.92 bits per heavy atom. The maximum atomic E-state index is 12.6. The summed E-state index contributed by atoms with van der Waals surface area (Å²) in [6, 6.07) is 10.1. The lowest BCUT2D eigenvalue weighted by atomic mass is 10.1. The van der Waals surface area contributed by atoms with Gasteiger partial charge < -0.3 is 5.11 Å². The van der Waals surface area contributed by atoms with Gasteiger partial charge in [0.2, 0.25) is 0 Å². The van der Waals surface area contributed by atoms with E-state index in [0.29, 0.717) is 25.6 Å². The molecule has 1 aliphatic heterocycles. The number of halogens is 3. The first-order valence-electron chi connectivity index (χ1n) is 7.03. The number of benzene rings is 2. The zero-order chi connectivity index (χ0) is 18.1. The summed E-state index contributed by atoms with van der Waals surface area (Å²) in [5.41, 5.74) is 1.03. The summed E-state index contributed by atoms with van der Waals surface area (Å²) in [4.78, 5) is 26.1. The lowest BCUT2D eigenvalue weighted by molar-refractivity contribution is -0.123. The molecule has 2 amide bonds. The number of aromatic hydroxyl groups is 1. The van der Waals surface area contributed by atoms with Crippen molar-refractivity contribution in [3.05, 3.63) is 66.9 Å². The number of thioether (sulfide) groups is 1. The third kappa shape index (κ3) is 3.87. The molecule has 1 aliphatic rings. The number of carbonyl (C=O) groups is 2. The Morgan fingerprint density at radius 1 is 1.20 bits per heavy atom. The van der Waals surface area contributed by atoms with Gasteiger partial charge >= 0.3 is 0 Å². The van der Waals surface area contributed by atoms with Gasteiger partial charge in [0.05, 0.1) is 15.9 Å². The fourth-order valence-corrected chi connectivity index (χ4v) is 4.13. The van der Waals surface area contributed by atoms with Crippen molar-refractivity contribution in [1.82, 2.24) is 4.90 Å². The molecule has 128 valence electrons. The number of rotatable bonds is 3. The van der Waals surface area contributed by atoms with Crippen molar-refractivity contribution in [1.29, 1.82) is 0 Å². The number of nitrogens with zero attached hydrogens (tertiary/aromatic N) is 1. The first kappa shape index (κ1) is 18.3. The molecule has 1 N–H and O–H groups in total. The van der Waals surface area contributed by atoms with Gasteiger partial charge in [-0.25, -0.2) is 0 Å². The number of hydrogen-bond acceptors (Lipinski definition) is 4. The normalized spacial score (nSPS) is 16.1. The van der Waals surface area contributed by atoms with Crippen LogP contribution in [0.25, 0.3) is 6.08 Å². The smallest absolute Gasteiger partial charge is 0.293 e. The molecular weight excluding hydrogens is 449 g/mol. The van der Waals surface area contributed by atoms with Gasteiger partial charge in [0.25, 0.3) is 11.1 Å². The Kier molecular flexibility index (Phi) is 5.43. The van der Waals surface area contributed by atoms with Crippen LogP contribution in [0.4, 0.5) is 4.79 Å². The fourth-order valence-electron chi connectivity index (χ4n) is 2.27. The lowest BCUT2D eigenvalue weighted by Gasteiger charge is -2.13. The Hall–Kier alpha value is -1.47. The zero-order valence-corrected chi connectivity index (χ0v) is 16.4. The van der Waals surface area contributed by atoms with E-state index in [1.165, 1.54) is 18.2 Å². The standard InChI is InChI=1S/C17H10BrCl2NO3S/c18-12-7-11(19)5-10(15(12)22)6-14-16(23)21(17(24)25-14)8-9-3-1-2-4-13(9)20/h1-7,22H,8H2/b14-6-. The molecule has 8 heteroatoms. The van der Waals surface area contributed by atoms with Crippen molar-refractivity contribution in [2.45, 2.75) is 6.54 Å². The van der Waals surface area contributed by atoms with Crippen molar-refractivity contribution in [3.63, 3.8) is 0 Å². The Balaban J connectivity index is 1.90. The van der Waals surface area contributed by atoms with Crippen LogP contribution in [0.5, 0.6) is 5.75 Å². The molecule has 0 saturated carbocycles. The summed E-state index contributed by atoms with van der Waals surface area (Å²) in [6.07, 6.45) is 1.45. The number of phenols is 1. The van der Waals surface area contributed by atoms with Crippen LogP contribution in [0.1, 0.15) is 11.1 Å². The van der Waals surface area contributed by atoms with Gasteiger partial charge in [-0.1, -0.05) is 41.4 Å². The first-order chi connectivity index (χ1) is 11.9. The van der Waals surface area contributed by atoms with Crippen molar-refractivity contribution in [2.75, 3.05) is 0 Å². The van der Waals surface area contributed by atoms with Gasteiger partial charge in [-0.15, -0.1) is 0 Å². The van der Waals surface area contributed by atoms with Gasteiger partial charge in [0.1, 0.15) is 5.75 Å². The maximum absolute atomic E-state index is 12.6. The molecule has 1 heterocycles. The van der Waals surface area contributed by atoms with Crippen LogP contribution in [-0.4, -0.2) is 21.2 Å². The minimum Gasteiger partial charge on any atom is -0.506 e. The summed E-state index contributed by atoms with van der Waals surface area (Å²) in [6.45, 7) is 0.0902. The van der Waals surface area contributed by atoms with Crippen LogP contribution in [0, 0.1) is 0 Å². The average Bonchev–Trinajstić information content (AvgIpc) is 2.81. The van der Waals surface area contributed by atoms with E-state index in [1.54, 1.807) is 24.3 Å². The number of carbonyl (C=O) groups excluding carboxylic acids is 2. The minimum atomic E-state index is -0.439. The highest BCUT2D eigenvalue weighted by Gasteiger charge is 2.35. The third-order valence-electron chi connectivity index (χ3n) is 3.50. The van der Waals surface area contributed by atoms with Crippen molar-refractivity contribution in [2.24, 2.45) is 0 Å². The molecule has 1 saturated heterocycles. The number of imide groups is 1. The highest BCUT2D eigenvalue weighted by Crippen LogP contribution is 2.38. The fraction of sp³-hybridized carbons (Fsp3) is 0.0588. The highest BCUT2D eigenvalue weighted by molar-refractivity contribution is 9.10. The van der Waals surface area contributed by atoms with E-state index in [2.05, 4.69) is 15.9 Å². The first-order valence-corrected chi connectivity index (χ1v) is 9.40. The Bertz CT molecular complexity index is 917. The second-order valence-electron chi connectivity index (χ2n) is 5.18. The topological polar surface area (TPSA) is 57.6 Å².